The molecule has 2 heterocycles. The van der Waals surface area contributed by atoms with Gasteiger partial charge in [0.15, 0.2) is 0 Å². The lowest BCUT2D eigenvalue weighted by Gasteiger charge is -2.28. The zero-order chi connectivity index (χ0) is 19.7. The number of fused-ring (bicyclic) bond motifs is 1. The zero-order valence-corrected chi connectivity index (χ0v) is 15.4. The summed E-state index contributed by atoms with van der Waals surface area (Å²) in [6.07, 6.45) is -1.03. The molecule has 1 aromatic heterocycles. The summed E-state index contributed by atoms with van der Waals surface area (Å²) >= 11 is 0. The van der Waals surface area contributed by atoms with Crippen molar-refractivity contribution in [1.29, 1.82) is 0 Å². The van der Waals surface area contributed by atoms with E-state index in [1.165, 1.54) is 11.1 Å². The van der Waals surface area contributed by atoms with Gasteiger partial charge in [0.1, 0.15) is 11.4 Å². The quantitative estimate of drug-likeness (QED) is 0.701. The number of nitrogens with one attached hydrogen (secondary N) is 2. The smallest absolute Gasteiger partial charge is 0.367 e. The van der Waals surface area contributed by atoms with E-state index in [2.05, 4.69) is 25.5 Å². The molecular formula is C19H23F3N6. The molecule has 0 bridgehead atoms. The molecule has 9 heteroatoms. The number of nitrogens with two attached hydrogens (primary N) is 1. The first-order chi connectivity index (χ1) is 13.4. The topological polar surface area (TPSA) is 79.1 Å². The van der Waals surface area contributed by atoms with Gasteiger partial charge in [0.2, 0.25) is 5.95 Å². The lowest BCUT2D eigenvalue weighted by atomic mass is 9.99. The number of aromatic nitrogens is 2. The van der Waals surface area contributed by atoms with Crippen molar-refractivity contribution in [2.24, 2.45) is 5.73 Å². The highest BCUT2D eigenvalue weighted by atomic mass is 19.4. The Hall–Kier alpha value is -2.39. The average Bonchev–Trinajstić information content (AvgIpc) is 3.45. The fourth-order valence-electron chi connectivity index (χ4n) is 3.37. The van der Waals surface area contributed by atoms with Crippen LogP contribution in [0.3, 0.4) is 0 Å². The zero-order valence-electron chi connectivity index (χ0n) is 15.4. The maximum Gasteiger partial charge on any atom is 0.421 e. The molecule has 1 fully saturated rings. The van der Waals surface area contributed by atoms with Gasteiger partial charge in [0, 0.05) is 44.1 Å². The van der Waals surface area contributed by atoms with Crippen LogP contribution in [0.5, 0.6) is 0 Å². The highest BCUT2D eigenvalue weighted by Gasteiger charge is 2.36. The van der Waals surface area contributed by atoms with Crippen molar-refractivity contribution < 1.29 is 13.2 Å². The largest absolute Gasteiger partial charge is 0.421 e. The van der Waals surface area contributed by atoms with E-state index in [9.17, 15) is 13.2 Å². The molecule has 6 nitrogen and oxygen atoms in total. The van der Waals surface area contributed by atoms with E-state index in [0.717, 1.165) is 50.8 Å². The van der Waals surface area contributed by atoms with Gasteiger partial charge in [-0.3, -0.25) is 4.90 Å². The second-order valence-electron chi connectivity index (χ2n) is 7.30. The molecule has 4 rings (SSSR count). The molecule has 2 aliphatic rings. The molecule has 28 heavy (non-hydrogen) atoms. The molecule has 1 aliphatic carbocycles. The van der Waals surface area contributed by atoms with Gasteiger partial charge in [-0.05, 0) is 42.5 Å². The number of halogens is 3. The van der Waals surface area contributed by atoms with Crippen molar-refractivity contribution in [3.8, 4) is 0 Å². The van der Waals surface area contributed by atoms with Crippen molar-refractivity contribution in [3.63, 3.8) is 0 Å². The van der Waals surface area contributed by atoms with Gasteiger partial charge in [0.25, 0.3) is 0 Å². The molecule has 1 aliphatic heterocycles. The molecule has 0 atom stereocenters. The Labute approximate surface area is 161 Å². The molecule has 0 unspecified atom stereocenters. The summed E-state index contributed by atoms with van der Waals surface area (Å²) in [5, 5.41) is 5.90. The monoisotopic (exact) mass is 392 g/mol. The fraction of sp³-hybridized carbons (Fsp3) is 0.474. The van der Waals surface area contributed by atoms with Crippen molar-refractivity contribution in [2.75, 3.05) is 30.3 Å². The second-order valence-corrected chi connectivity index (χ2v) is 7.30. The minimum absolute atomic E-state index is 0.0593. The molecule has 1 saturated carbocycles. The van der Waals surface area contributed by atoms with Gasteiger partial charge in [-0.2, -0.15) is 18.2 Å². The van der Waals surface area contributed by atoms with Gasteiger partial charge in [0.05, 0.1) is 0 Å². The molecule has 0 amide bonds. The third kappa shape index (κ3) is 4.36. The van der Waals surface area contributed by atoms with E-state index in [-0.39, 0.29) is 17.8 Å². The second kappa shape index (κ2) is 7.56. The first-order valence-corrected chi connectivity index (χ1v) is 9.44. The van der Waals surface area contributed by atoms with Crippen LogP contribution in [0.25, 0.3) is 0 Å². The highest BCUT2D eigenvalue weighted by Crippen LogP contribution is 2.36. The molecule has 150 valence electrons. The van der Waals surface area contributed by atoms with Crippen LogP contribution in [0.15, 0.2) is 24.4 Å². The van der Waals surface area contributed by atoms with Crippen molar-refractivity contribution >= 4 is 17.5 Å². The van der Waals surface area contributed by atoms with Gasteiger partial charge in [-0.25, -0.2) is 4.98 Å². The first-order valence-electron chi connectivity index (χ1n) is 9.44. The van der Waals surface area contributed by atoms with E-state index < -0.39 is 11.7 Å². The SMILES string of the molecule is NCCN1CCc2cc(Nc3ncc(C(F)(F)F)c(NC4CC4)n3)ccc2C1. The molecule has 1 aromatic carbocycles. The van der Waals surface area contributed by atoms with Crippen LogP contribution in [0.4, 0.5) is 30.6 Å². The Morgan fingerprint density at radius 1 is 1.21 bits per heavy atom. The van der Waals surface area contributed by atoms with E-state index in [0.29, 0.717) is 6.54 Å². The Bertz CT molecular complexity index is 850. The van der Waals surface area contributed by atoms with E-state index in [1.54, 1.807) is 0 Å². The summed E-state index contributed by atoms with van der Waals surface area (Å²) in [6.45, 7) is 3.31. The summed E-state index contributed by atoms with van der Waals surface area (Å²) < 4.78 is 39.6. The fourth-order valence-corrected chi connectivity index (χ4v) is 3.37. The molecule has 0 spiro atoms. The minimum Gasteiger partial charge on any atom is -0.367 e. The molecule has 0 radical (unpaired) electrons. The summed E-state index contributed by atoms with van der Waals surface area (Å²) in [5.41, 5.74) is 8.03. The lowest BCUT2D eigenvalue weighted by molar-refractivity contribution is -0.137. The Kier molecular flexibility index (Phi) is 5.11. The van der Waals surface area contributed by atoms with Gasteiger partial charge in [-0.1, -0.05) is 6.07 Å². The van der Waals surface area contributed by atoms with Crippen LogP contribution in [0, 0.1) is 0 Å². The number of rotatable bonds is 6. The Morgan fingerprint density at radius 3 is 2.75 bits per heavy atom. The predicted molar refractivity (Wildman–Crippen MR) is 101 cm³/mol. The van der Waals surface area contributed by atoms with Crippen LogP contribution in [-0.4, -0.2) is 40.5 Å². The van der Waals surface area contributed by atoms with E-state index in [1.807, 2.05) is 18.2 Å². The normalized spacial score (nSPS) is 17.3. The molecule has 4 N–H and O–H groups in total. The van der Waals surface area contributed by atoms with Crippen molar-refractivity contribution in [1.82, 2.24) is 14.9 Å². The average molecular weight is 392 g/mol. The van der Waals surface area contributed by atoms with Crippen molar-refractivity contribution in [2.45, 2.75) is 38.0 Å². The predicted octanol–water partition coefficient (Wildman–Crippen LogP) is 3.13. The van der Waals surface area contributed by atoms with Crippen LogP contribution in [0.2, 0.25) is 0 Å². The highest BCUT2D eigenvalue weighted by molar-refractivity contribution is 5.59. The van der Waals surface area contributed by atoms with Gasteiger partial charge < -0.3 is 16.4 Å². The summed E-state index contributed by atoms with van der Waals surface area (Å²) in [7, 11) is 0. The maximum atomic E-state index is 13.2. The summed E-state index contributed by atoms with van der Waals surface area (Å²) in [6, 6.07) is 6.02. The Morgan fingerprint density at radius 2 is 2.04 bits per heavy atom. The number of hydrogen-bond acceptors (Lipinski definition) is 6. The van der Waals surface area contributed by atoms with Gasteiger partial charge in [-0.15, -0.1) is 0 Å². The minimum atomic E-state index is -4.49. The third-order valence-corrected chi connectivity index (χ3v) is 5.01. The molecule has 2 aromatic rings. The third-order valence-electron chi connectivity index (χ3n) is 5.01. The van der Waals surface area contributed by atoms with Crippen LogP contribution >= 0.6 is 0 Å². The first kappa shape index (κ1) is 18.9. The van der Waals surface area contributed by atoms with Crippen LogP contribution < -0.4 is 16.4 Å². The van der Waals surface area contributed by atoms with E-state index >= 15 is 0 Å². The lowest BCUT2D eigenvalue weighted by Crippen LogP contribution is -2.34. The van der Waals surface area contributed by atoms with Crippen molar-refractivity contribution in [3.05, 3.63) is 41.1 Å². The number of anilines is 3. The summed E-state index contributed by atoms with van der Waals surface area (Å²) in [5.74, 6) is -0.0143. The number of hydrogen-bond donors (Lipinski definition) is 3. The van der Waals surface area contributed by atoms with E-state index in [4.69, 9.17) is 5.73 Å². The van der Waals surface area contributed by atoms with Gasteiger partial charge >= 0.3 is 6.18 Å². The maximum absolute atomic E-state index is 13.2. The molecule has 0 saturated heterocycles. The van der Waals surface area contributed by atoms with Crippen LogP contribution in [0.1, 0.15) is 29.5 Å². The number of alkyl halides is 3. The standard InChI is InChI=1S/C19H23F3N6/c20-19(21,22)16-10-24-18(27-17(16)25-14-3-4-14)26-15-2-1-13-11-28(8-6-23)7-5-12(13)9-15/h1-2,9-10,14H,3-8,11,23H2,(H2,24,25,26,27). The number of nitrogens with zero attached hydrogens (tertiary/aromatic N) is 3. The molecular weight excluding hydrogens is 369 g/mol. The summed E-state index contributed by atoms with van der Waals surface area (Å²) in [4.78, 5) is 10.3. The van der Waals surface area contributed by atoms with Crippen LogP contribution in [-0.2, 0) is 19.1 Å². The number of benzene rings is 1. The Balaban J connectivity index is 1.53.